The maximum absolute atomic E-state index is 12.4. The Bertz CT molecular complexity index is 827. The summed E-state index contributed by atoms with van der Waals surface area (Å²) in [7, 11) is 0.842. The number of nitrogens with zero attached hydrogens (tertiary/aromatic N) is 3. The van der Waals surface area contributed by atoms with Gasteiger partial charge in [-0.15, -0.1) is 0 Å². The smallest absolute Gasteiger partial charge is 0.312 e. The molecule has 0 spiro atoms. The van der Waals surface area contributed by atoms with Gasteiger partial charge in [-0.05, 0) is 37.9 Å². The molecule has 0 radical (unpaired) electrons. The van der Waals surface area contributed by atoms with Crippen LogP contribution in [0.25, 0.3) is 0 Å². The number of hydrogen-bond donors (Lipinski definition) is 1. The molecule has 1 saturated heterocycles. The maximum atomic E-state index is 12.4. The predicted octanol–water partition coefficient (Wildman–Crippen LogP) is 0.824. The summed E-state index contributed by atoms with van der Waals surface area (Å²) in [5, 5.41) is 11.1. The number of nitrogens with one attached hydrogen (secondary N) is 1. The molecule has 10 nitrogen and oxygen atoms in total. The van der Waals surface area contributed by atoms with Gasteiger partial charge in [-0.25, -0.2) is 13.1 Å². The van der Waals surface area contributed by atoms with Crippen LogP contribution >= 0.6 is 0 Å². The highest BCUT2D eigenvalue weighted by molar-refractivity contribution is 7.89. The fraction of sp³-hybridized carbons (Fsp3) is 0.588. The third kappa shape index (κ3) is 5.18. The summed E-state index contributed by atoms with van der Waals surface area (Å²) in [5.41, 5.74) is -0.410. The second kappa shape index (κ2) is 9.30. The lowest BCUT2D eigenvalue weighted by Gasteiger charge is -2.26. The van der Waals surface area contributed by atoms with Crippen LogP contribution in [0.4, 0.5) is 5.69 Å². The maximum Gasteiger partial charge on any atom is 0.312 e. The minimum absolute atomic E-state index is 0.00501. The summed E-state index contributed by atoms with van der Waals surface area (Å²) >= 11 is 0. The van der Waals surface area contributed by atoms with Gasteiger partial charge in [0.2, 0.25) is 15.9 Å². The van der Waals surface area contributed by atoms with E-state index in [0.717, 1.165) is 25.5 Å². The lowest BCUT2D eigenvalue weighted by atomic mass is 10.2. The molecule has 0 bridgehead atoms. The van der Waals surface area contributed by atoms with Crippen LogP contribution in [0.5, 0.6) is 5.75 Å². The van der Waals surface area contributed by atoms with Gasteiger partial charge < -0.3 is 9.64 Å². The van der Waals surface area contributed by atoms with E-state index in [9.17, 15) is 23.3 Å². The first-order chi connectivity index (χ1) is 13.2. The van der Waals surface area contributed by atoms with Crippen molar-refractivity contribution in [1.29, 1.82) is 0 Å². The Morgan fingerprint density at radius 2 is 2.14 bits per heavy atom. The molecule has 1 aliphatic heterocycles. The van der Waals surface area contributed by atoms with Crippen LogP contribution in [0.2, 0.25) is 0 Å². The monoisotopic (exact) mass is 414 g/mol. The molecule has 2 rings (SSSR count). The molecule has 1 aromatic carbocycles. The molecule has 11 heteroatoms. The number of hydrogen-bond acceptors (Lipinski definition) is 7. The quantitative estimate of drug-likeness (QED) is 0.361. The van der Waals surface area contributed by atoms with Crippen LogP contribution in [0, 0.1) is 10.1 Å². The minimum atomic E-state index is -3.88. The summed E-state index contributed by atoms with van der Waals surface area (Å²) in [5.74, 6) is 0.0539. The molecule has 1 aliphatic rings. The lowest BCUT2D eigenvalue weighted by molar-refractivity contribution is -0.386. The molecule has 156 valence electrons. The van der Waals surface area contributed by atoms with Gasteiger partial charge in [-0.2, -0.15) is 0 Å². The molecule has 28 heavy (non-hydrogen) atoms. The number of likely N-dealkylation sites (tertiary alicyclic amines) is 1. The summed E-state index contributed by atoms with van der Waals surface area (Å²) in [4.78, 5) is 26.0. The van der Waals surface area contributed by atoms with Gasteiger partial charge in [0, 0.05) is 33.3 Å². The van der Waals surface area contributed by atoms with E-state index >= 15 is 0 Å². The van der Waals surface area contributed by atoms with E-state index in [-0.39, 0.29) is 29.1 Å². The Hall–Kier alpha value is -2.24. The van der Waals surface area contributed by atoms with E-state index in [2.05, 4.69) is 9.62 Å². The fourth-order valence-corrected chi connectivity index (χ4v) is 4.32. The fourth-order valence-electron chi connectivity index (χ4n) is 3.22. The second-order valence-corrected chi connectivity index (χ2v) is 8.54. The van der Waals surface area contributed by atoms with E-state index in [4.69, 9.17) is 4.74 Å². The molecule has 1 fully saturated rings. The summed E-state index contributed by atoms with van der Waals surface area (Å²) < 4.78 is 32.2. The molecule has 0 aromatic heterocycles. The van der Waals surface area contributed by atoms with Gasteiger partial charge in [0.15, 0.2) is 5.75 Å². The third-order valence-corrected chi connectivity index (χ3v) is 6.12. The highest BCUT2D eigenvalue weighted by Crippen LogP contribution is 2.29. The van der Waals surface area contributed by atoms with Crippen LogP contribution in [0.15, 0.2) is 23.1 Å². The Kier molecular flexibility index (Phi) is 7.33. The summed E-state index contributed by atoms with van der Waals surface area (Å²) in [6, 6.07) is 3.35. The highest BCUT2D eigenvalue weighted by atomic mass is 32.2. The van der Waals surface area contributed by atoms with Crippen LogP contribution < -0.4 is 9.46 Å². The number of amides is 1. The number of benzene rings is 1. The SMILES string of the molecule is COc1ccc(S(=O)(=O)NCCCN2CCCC2C(=O)N(C)C)cc1[N+](=O)[O-]. The van der Waals surface area contributed by atoms with E-state index in [1.54, 1.807) is 19.0 Å². The lowest BCUT2D eigenvalue weighted by Crippen LogP contribution is -2.43. The number of likely N-dealkylation sites (N-methyl/N-ethyl adjacent to an activating group) is 1. The summed E-state index contributed by atoms with van der Waals surface area (Å²) in [6.07, 6.45) is 2.26. The van der Waals surface area contributed by atoms with E-state index in [1.165, 1.54) is 19.2 Å². The zero-order valence-corrected chi connectivity index (χ0v) is 17.1. The number of rotatable bonds is 9. The number of carbonyl (C=O) groups excluding carboxylic acids is 1. The van der Waals surface area contributed by atoms with Crippen molar-refractivity contribution in [2.24, 2.45) is 0 Å². The van der Waals surface area contributed by atoms with Crippen LogP contribution in [0.1, 0.15) is 19.3 Å². The Morgan fingerprint density at radius 3 is 2.75 bits per heavy atom. The van der Waals surface area contributed by atoms with E-state index in [0.29, 0.717) is 13.0 Å². The number of nitro benzene ring substituents is 1. The van der Waals surface area contributed by atoms with Crippen molar-refractivity contribution in [2.75, 3.05) is 40.8 Å². The molecular weight excluding hydrogens is 388 g/mol. The molecule has 1 aromatic rings. The minimum Gasteiger partial charge on any atom is -0.490 e. The van der Waals surface area contributed by atoms with Crippen LogP contribution in [0.3, 0.4) is 0 Å². The van der Waals surface area contributed by atoms with Crippen LogP contribution in [-0.2, 0) is 14.8 Å². The average Bonchev–Trinajstić information content (AvgIpc) is 3.12. The third-order valence-electron chi connectivity index (χ3n) is 4.66. The van der Waals surface area contributed by atoms with Gasteiger partial charge in [0.25, 0.3) is 0 Å². The molecule has 1 amide bonds. The number of methoxy groups -OCH3 is 1. The van der Waals surface area contributed by atoms with Crippen molar-refractivity contribution in [2.45, 2.75) is 30.2 Å². The molecule has 1 unspecified atom stereocenters. The molecule has 0 aliphatic carbocycles. The van der Waals surface area contributed by atoms with Crippen molar-refractivity contribution in [3.8, 4) is 5.75 Å². The summed E-state index contributed by atoms with van der Waals surface area (Å²) in [6.45, 7) is 1.57. The van der Waals surface area contributed by atoms with Gasteiger partial charge >= 0.3 is 5.69 Å². The van der Waals surface area contributed by atoms with Gasteiger partial charge in [0.1, 0.15) is 0 Å². The first kappa shape index (κ1) is 22.1. The molecule has 1 heterocycles. The Balaban J connectivity index is 1.94. The number of sulfonamides is 1. The normalized spacial score (nSPS) is 17.5. The van der Waals surface area contributed by atoms with Gasteiger partial charge in [-0.3, -0.25) is 19.8 Å². The zero-order valence-electron chi connectivity index (χ0n) is 16.3. The zero-order chi connectivity index (χ0) is 20.9. The standard InChI is InChI=1S/C17H26N4O6S/c1-19(2)17(22)14-6-4-10-20(14)11-5-9-18-28(25,26)13-7-8-16(27-3)15(12-13)21(23)24/h7-8,12,14,18H,4-6,9-11H2,1-3H3. The average molecular weight is 414 g/mol. The second-order valence-electron chi connectivity index (χ2n) is 6.77. The van der Waals surface area contributed by atoms with E-state index in [1.807, 2.05) is 0 Å². The first-order valence-electron chi connectivity index (χ1n) is 8.94. The molecular formula is C17H26N4O6S. The Morgan fingerprint density at radius 1 is 1.43 bits per heavy atom. The number of nitro groups is 1. The van der Waals surface area contributed by atoms with Crippen molar-refractivity contribution in [3.63, 3.8) is 0 Å². The number of ether oxygens (including phenoxy) is 1. The predicted molar refractivity (Wildman–Crippen MR) is 103 cm³/mol. The van der Waals surface area contributed by atoms with Crippen molar-refractivity contribution < 1.29 is 22.9 Å². The Labute approximate surface area is 164 Å². The van der Waals surface area contributed by atoms with E-state index < -0.39 is 20.6 Å². The van der Waals surface area contributed by atoms with Gasteiger partial charge in [-0.1, -0.05) is 0 Å². The van der Waals surface area contributed by atoms with Crippen molar-refractivity contribution >= 4 is 21.6 Å². The highest BCUT2D eigenvalue weighted by Gasteiger charge is 2.31. The van der Waals surface area contributed by atoms with Crippen molar-refractivity contribution in [3.05, 3.63) is 28.3 Å². The first-order valence-corrected chi connectivity index (χ1v) is 10.4. The van der Waals surface area contributed by atoms with Gasteiger partial charge in [0.05, 0.1) is 23.0 Å². The van der Waals surface area contributed by atoms with Crippen LogP contribution in [-0.4, -0.2) is 75.9 Å². The molecule has 0 saturated carbocycles. The molecule has 1 atom stereocenters. The van der Waals surface area contributed by atoms with Crippen molar-refractivity contribution in [1.82, 2.24) is 14.5 Å². The topological polar surface area (TPSA) is 122 Å². The molecule has 1 N–H and O–H groups in total. The number of carbonyl (C=O) groups is 1. The largest absolute Gasteiger partial charge is 0.490 e.